The van der Waals surface area contributed by atoms with Gasteiger partial charge in [-0.1, -0.05) is 35.9 Å². The Kier molecular flexibility index (Phi) is 5.53. The fourth-order valence-electron chi connectivity index (χ4n) is 1.86. The largest absolute Gasteiger partial charge is 0.465 e. The summed E-state index contributed by atoms with van der Waals surface area (Å²) < 4.78 is 16.8. The number of carbonyl (C=O) groups excluding carboxylic acids is 1. The van der Waals surface area contributed by atoms with Gasteiger partial charge in [0.25, 0.3) is 0 Å². The third-order valence-corrected chi connectivity index (χ3v) is 4.51. The summed E-state index contributed by atoms with van der Waals surface area (Å²) in [6.07, 6.45) is 0. The molecular weight excluding hydrogens is 308 g/mol. The van der Waals surface area contributed by atoms with E-state index in [2.05, 4.69) is 4.74 Å². The molecule has 1 unspecified atom stereocenters. The van der Waals surface area contributed by atoms with Gasteiger partial charge in [-0.25, -0.2) is 4.79 Å². The smallest absolute Gasteiger partial charge is 0.337 e. The van der Waals surface area contributed by atoms with Crippen molar-refractivity contribution in [3.63, 3.8) is 0 Å². The first-order chi connectivity index (χ1) is 10.1. The van der Waals surface area contributed by atoms with Crippen LogP contribution in [0.2, 0.25) is 5.02 Å². The molecular formula is C16H15ClO3S. The van der Waals surface area contributed by atoms with Crippen molar-refractivity contribution < 1.29 is 13.7 Å². The minimum Gasteiger partial charge on any atom is -0.465 e. The number of ether oxygens (including phenoxy) is 1. The first-order valence-corrected chi connectivity index (χ1v) is 8.22. The van der Waals surface area contributed by atoms with E-state index < -0.39 is 10.8 Å². The summed E-state index contributed by atoms with van der Waals surface area (Å²) in [5.74, 6) is 0.559. The lowest BCUT2D eigenvalue weighted by atomic mass is 10.1. The highest BCUT2D eigenvalue weighted by molar-refractivity contribution is 7.83. The van der Waals surface area contributed by atoms with E-state index >= 15 is 0 Å². The first-order valence-electron chi connectivity index (χ1n) is 6.35. The molecule has 0 aliphatic carbocycles. The Hall–Kier alpha value is -1.65. The lowest BCUT2D eigenvalue weighted by Gasteiger charge is -2.04. The van der Waals surface area contributed by atoms with Crippen LogP contribution in [0.25, 0.3) is 0 Å². The number of hydrogen-bond donors (Lipinski definition) is 0. The van der Waals surface area contributed by atoms with Crippen molar-refractivity contribution in [1.82, 2.24) is 0 Å². The van der Waals surface area contributed by atoms with Gasteiger partial charge in [-0.2, -0.15) is 0 Å². The molecule has 2 aromatic carbocycles. The SMILES string of the molecule is COC(=O)c1ccc(CS(=O)Cc2ccc(Cl)cc2)cc1. The van der Waals surface area contributed by atoms with Crippen LogP contribution in [0.1, 0.15) is 21.5 Å². The fraction of sp³-hybridized carbons (Fsp3) is 0.188. The normalized spacial score (nSPS) is 11.9. The van der Waals surface area contributed by atoms with Crippen LogP contribution in [-0.4, -0.2) is 17.3 Å². The highest BCUT2D eigenvalue weighted by Crippen LogP contribution is 2.14. The van der Waals surface area contributed by atoms with Gasteiger partial charge in [-0.15, -0.1) is 0 Å². The number of benzene rings is 2. The third kappa shape index (κ3) is 4.69. The van der Waals surface area contributed by atoms with Crippen LogP contribution in [0.15, 0.2) is 48.5 Å². The van der Waals surface area contributed by atoms with Gasteiger partial charge in [0, 0.05) is 27.3 Å². The molecule has 0 saturated carbocycles. The van der Waals surface area contributed by atoms with Gasteiger partial charge in [0.1, 0.15) is 0 Å². The standard InChI is InChI=1S/C16H15ClO3S/c1-20-16(18)14-6-2-12(3-7-14)10-21(19)11-13-4-8-15(17)9-5-13/h2-9H,10-11H2,1H3. The molecule has 0 aliphatic rings. The molecule has 110 valence electrons. The second-order valence-electron chi connectivity index (χ2n) is 4.54. The Bertz CT molecular complexity index is 636. The molecule has 21 heavy (non-hydrogen) atoms. The maximum absolute atomic E-state index is 12.1. The minimum atomic E-state index is -1.01. The van der Waals surface area contributed by atoms with E-state index in [1.165, 1.54) is 7.11 Å². The molecule has 5 heteroatoms. The highest BCUT2D eigenvalue weighted by Gasteiger charge is 2.07. The molecule has 0 saturated heterocycles. The topological polar surface area (TPSA) is 43.4 Å². The third-order valence-electron chi connectivity index (χ3n) is 2.94. The maximum atomic E-state index is 12.1. The van der Waals surface area contributed by atoms with Gasteiger partial charge >= 0.3 is 5.97 Å². The summed E-state index contributed by atoms with van der Waals surface area (Å²) in [7, 11) is 0.338. The molecule has 0 spiro atoms. The predicted molar refractivity (Wildman–Crippen MR) is 84.8 cm³/mol. The van der Waals surface area contributed by atoms with Gasteiger partial charge in [0.2, 0.25) is 0 Å². The van der Waals surface area contributed by atoms with Crippen molar-refractivity contribution in [2.75, 3.05) is 7.11 Å². The van der Waals surface area contributed by atoms with E-state index in [-0.39, 0.29) is 5.97 Å². The number of hydrogen-bond acceptors (Lipinski definition) is 3. The van der Waals surface area contributed by atoms with Crippen molar-refractivity contribution in [2.24, 2.45) is 0 Å². The van der Waals surface area contributed by atoms with Crippen LogP contribution in [0.3, 0.4) is 0 Å². The summed E-state index contributed by atoms with van der Waals surface area (Å²) in [4.78, 5) is 11.3. The van der Waals surface area contributed by atoms with Gasteiger partial charge in [-0.05, 0) is 35.4 Å². The summed E-state index contributed by atoms with van der Waals surface area (Å²) in [6.45, 7) is 0. The van der Waals surface area contributed by atoms with Gasteiger partial charge in [0.05, 0.1) is 12.7 Å². The minimum absolute atomic E-state index is 0.371. The Morgan fingerprint density at radius 3 is 1.95 bits per heavy atom. The van der Waals surface area contributed by atoms with Crippen molar-refractivity contribution in [3.05, 3.63) is 70.2 Å². The van der Waals surface area contributed by atoms with Crippen LogP contribution in [0.4, 0.5) is 0 Å². The lowest BCUT2D eigenvalue weighted by molar-refractivity contribution is 0.0600. The van der Waals surface area contributed by atoms with E-state index in [1.54, 1.807) is 36.4 Å². The number of rotatable bonds is 5. The van der Waals surface area contributed by atoms with E-state index in [4.69, 9.17) is 11.6 Å². The number of methoxy groups -OCH3 is 1. The quantitative estimate of drug-likeness (QED) is 0.790. The number of halogens is 1. The Balaban J connectivity index is 1.96. The Labute approximate surface area is 131 Å². The first kappa shape index (κ1) is 15.7. The van der Waals surface area contributed by atoms with E-state index in [0.717, 1.165) is 11.1 Å². The molecule has 0 aromatic heterocycles. The molecule has 1 atom stereocenters. The van der Waals surface area contributed by atoms with E-state index in [9.17, 15) is 9.00 Å². The molecule has 0 fully saturated rings. The second-order valence-corrected chi connectivity index (χ2v) is 6.44. The summed E-state index contributed by atoms with van der Waals surface area (Å²) in [5.41, 5.74) is 2.41. The maximum Gasteiger partial charge on any atom is 0.337 e. The van der Waals surface area contributed by atoms with Crippen molar-refractivity contribution in [2.45, 2.75) is 11.5 Å². The van der Waals surface area contributed by atoms with Crippen LogP contribution in [0.5, 0.6) is 0 Å². The van der Waals surface area contributed by atoms with Crippen LogP contribution in [-0.2, 0) is 27.0 Å². The highest BCUT2D eigenvalue weighted by atomic mass is 35.5. The zero-order valence-electron chi connectivity index (χ0n) is 11.5. The van der Waals surface area contributed by atoms with E-state index in [1.807, 2.05) is 12.1 Å². The monoisotopic (exact) mass is 322 g/mol. The molecule has 2 rings (SSSR count). The van der Waals surface area contributed by atoms with Crippen molar-refractivity contribution >= 4 is 28.4 Å². The average Bonchev–Trinajstić information content (AvgIpc) is 2.49. The van der Waals surface area contributed by atoms with Crippen LogP contribution < -0.4 is 0 Å². The molecule has 2 aromatic rings. The lowest BCUT2D eigenvalue weighted by Crippen LogP contribution is -2.02. The molecule has 0 N–H and O–H groups in total. The Morgan fingerprint density at radius 2 is 1.48 bits per heavy atom. The molecule has 0 radical (unpaired) electrons. The molecule has 0 aliphatic heterocycles. The summed E-state index contributed by atoms with van der Waals surface area (Å²) >= 11 is 5.82. The second kappa shape index (κ2) is 7.38. The van der Waals surface area contributed by atoms with Crippen molar-refractivity contribution in [1.29, 1.82) is 0 Å². The zero-order valence-corrected chi connectivity index (χ0v) is 13.1. The molecule has 3 nitrogen and oxygen atoms in total. The van der Waals surface area contributed by atoms with Gasteiger partial charge in [-0.3, -0.25) is 4.21 Å². The summed E-state index contributed by atoms with van der Waals surface area (Å²) in [6, 6.07) is 14.3. The molecule has 0 amide bonds. The number of esters is 1. The molecule has 0 heterocycles. The number of carbonyl (C=O) groups is 1. The summed E-state index contributed by atoms with van der Waals surface area (Å²) in [5, 5.41) is 0.669. The van der Waals surface area contributed by atoms with Gasteiger partial charge < -0.3 is 4.74 Å². The molecule has 0 bridgehead atoms. The predicted octanol–water partition coefficient (Wildman–Crippen LogP) is 3.58. The van der Waals surface area contributed by atoms with Crippen LogP contribution in [0, 0.1) is 0 Å². The zero-order chi connectivity index (χ0) is 15.2. The average molecular weight is 323 g/mol. The van der Waals surface area contributed by atoms with Gasteiger partial charge in [0.15, 0.2) is 0 Å². The fourth-order valence-corrected chi connectivity index (χ4v) is 3.21. The Morgan fingerprint density at radius 1 is 1.00 bits per heavy atom. The van der Waals surface area contributed by atoms with E-state index in [0.29, 0.717) is 22.1 Å². The van der Waals surface area contributed by atoms with Crippen molar-refractivity contribution in [3.8, 4) is 0 Å². The van der Waals surface area contributed by atoms with Crippen LogP contribution >= 0.6 is 11.6 Å².